The zero-order chi connectivity index (χ0) is 19.0. The fourth-order valence-corrected chi connectivity index (χ4v) is 3.76. The Morgan fingerprint density at radius 1 is 1.36 bits per heavy atom. The Labute approximate surface area is 143 Å². The van der Waals surface area contributed by atoms with Gasteiger partial charge in [0, 0.05) is 17.9 Å². The van der Waals surface area contributed by atoms with Crippen molar-refractivity contribution in [2.45, 2.75) is 19.4 Å². The van der Waals surface area contributed by atoms with E-state index in [1.54, 1.807) is 0 Å². The summed E-state index contributed by atoms with van der Waals surface area (Å²) in [6.07, 6.45) is 2.03. The van der Waals surface area contributed by atoms with E-state index in [1.807, 2.05) is 0 Å². The number of halogens is 2. The van der Waals surface area contributed by atoms with Gasteiger partial charge in [-0.1, -0.05) is 0 Å². The molecule has 0 unspecified atom stereocenters. The molecule has 0 radical (unpaired) electrons. The molecule has 0 fully saturated rings. The number of carbonyl (C=O) groups excluding carboxylic acids is 1. The minimum Gasteiger partial charge on any atom is -0.504 e. The molecule has 0 aliphatic rings. The van der Waals surface area contributed by atoms with Crippen LogP contribution in [-0.4, -0.2) is 46.8 Å². The van der Waals surface area contributed by atoms with E-state index in [-0.39, 0.29) is 11.4 Å². The first kappa shape index (κ1) is 18.8. The van der Waals surface area contributed by atoms with Crippen molar-refractivity contribution in [1.82, 2.24) is 15.1 Å². The highest BCUT2D eigenvalue weighted by Crippen LogP contribution is 2.21. The van der Waals surface area contributed by atoms with Crippen LogP contribution >= 0.6 is 0 Å². The molecule has 1 amide bonds. The number of nitrogens with one attached hydrogen (secondary N) is 1. The van der Waals surface area contributed by atoms with Crippen molar-refractivity contribution < 1.29 is 27.1 Å². The van der Waals surface area contributed by atoms with Gasteiger partial charge in [-0.3, -0.25) is 4.79 Å². The van der Waals surface area contributed by atoms with Crippen molar-refractivity contribution in [2.24, 2.45) is 0 Å². The smallest absolute Gasteiger partial charge is 0.276 e. The van der Waals surface area contributed by atoms with E-state index in [2.05, 4.69) is 10.4 Å². The summed E-state index contributed by atoms with van der Waals surface area (Å²) in [5.74, 6) is -3.38. The average Bonchev–Trinajstić information content (AvgIpc) is 2.77. The molecule has 2 rings (SSSR count). The zero-order valence-corrected chi connectivity index (χ0v) is 14.6. The van der Waals surface area contributed by atoms with Crippen molar-refractivity contribution in [3.63, 3.8) is 0 Å². The Hall–Kier alpha value is -2.49. The lowest BCUT2D eigenvalue weighted by atomic mass is 10.1. The summed E-state index contributed by atoms with van der Waals surface area (Å²) in [4.78, 5) is 12.3. The van der Waals surface area contributed by atoms with Gasteiger partial charge < -0.3 is 10.4 Å². The molecule has 0 spiro atoms. The Balaban J connectivity index is 2.29. The van der Waals surface area contributed by atoms with Crippen LogP contribution in [0.5, 0.6) is 5.75 Å². The first-order valence-corrected chi connectivity index (χ1v) is 9.18. The van der Waals surface area contributed by atoms with Crippen LogP contribution in [0.2, 0.25) is 0 Å². The molecule has 0 saturated heterocycles. The van der Waals surface area contributed by atoms with Crippen molar-refractivity contribution in [3.05, 3.63) is 41.7 Å². The zero-order valence-electron chi connectivity index (χ0n) is 13.7. The Morgan fingerprint density at radius 3 is 2.56 bits per heavy atom. The Morgan fingerprint density at radius 2 is 2.00 bits per heavy atom. The van der Waals surface area contributed by atoms with E-state index in [9.17, 15) is 27.1 Å². The summed E-state index contributed by atoms with van der Waals surface area (Å²) in [5.41, 5.74) is -1.68. The first-order valence-electron chi connectivity index (χ1n) is 7.12. The molecule has 0 saturated carbocycles. The van der Waals surface area contributed by atoms with Gasteiger partial charge in [0.05, 0.1) is 11.9 Å². The van der Waals surface area contributed by atoms with Crippen LogP contribution in [0.3, 0.4) is 0 Å². The number of aromatic hydroxyl groups is 1. The largest absolute Gasteiger partial charge is 0.504 e. The highest BCUT2D eigenvalue weighted by atomic mass is 32.2. The SMILES string of the molecule is CC(C)(CS(C)(=O)=O)NC(=O)c1nn(-c2ccc(F)cc2F)cc1O. The maximum atomic E-state index is 13.8. The van der Waals surface area contributed by atoms with Crippen molar-refractivity contribution in [3.8, 4) is 11.4 Å². The van der Waals surface area contributed by atoms with E-state index in [4.69, 9.17) is 0 Å². The molecule has 10 heteroatoms. The molecule has 7 nitrogen and oxygen atoms in total. The van der Waals surface area contributed by atoms with E-state index in [0.29, 0.717) is 6.07 Å². The monoisotopic (exact) mass is 373 g/mol. The van der Waals surface area contributed by atoms with Crippen molar-refractivity contribution >= 4 is 15.7 Å². The third kappa shape index (κ3) is 4.75. The van der Waals surface area contributed by atoms with E-state index >= 15 is 0 Å². The first-order chi connectivity index (χ1) is 11.4. The van der Waals surface area contributed by atoms with Crippen LogP contribution in [0.25, 0.3) is 5.69 Å². The lowest BCUT2D eigenvalue weighted by Crippen LogP contribution is -2.48. The number of sulfone groups is 1. The summed E-state index contributed by atoms with van der Waals surface area (Å²) in [5, 5.41) is 16.1. The molecule has 2 aromatic rings. The molecule has 1 aromatic heterocycles. The van der Waals surface area contributed by atoms with Gasteiger partial charge in [0.25, 0.3) is 5.91 Å². The van der Waals surface area contributed by atoms with Crippen molar-refractivity contribution in [1.29, 1.82) is 0 Å². The fraction of sp³-hybridized carbons (Fsp3) is 0.333. The number of hydrogen-bond donors (Lipinski definition) is 2. The summed E-state index contributed by atoms with van der Waals surface area (Å²) in [6.45, 7) is 3.00. The molecular weight excluding hydrogens is 356 g/mol. The molecule has 2 N–H and O–H groups in total. The number of benzene rings is 1. The van der Waals surface area contributed by atoms with Crippen LogP contribution in [-0.2, 0) is 9.84 Å². The molecule has 1 heterocycles. The highest BCUT2D eigenvalue weighted by Gasteiger charge is 2.28. The van der Waals surface area contributed by atoms with Crippen LogP contribution in [0, 0.1) is 11.6 Å². The van der Waals surface area contributed by atoms with Gasteiger partial charge in [0.15, 0.2) is 17.3 Å². The molecule has 0 aliphatic carbocycles. The predicted octanol–water partition coefficient (Wildman–Crippen LogP) is 1.41. The predicted molar refractivity (Wildman–Crippen MR) is 86.4 cm³/mol. The molecule has 0 atom stereocenters. The summed E-state index contributed by atoms with van der Waals surface area (Å²) in [7, 11) is -3.36. The maximum absolute atomic E-state index is 13.8. The molecule has 136 valence electrons. The number of aromatic nitrogens is 2. The van der Waals surface area contributed by atoms with Crippen LogP contribution < -0.4 is 5.32 Å². The van der Waals surface area contributed by atoms with E-state index in [1.165, 1.54) is 13.8 Å². The van der Waals surface area contributed by atoms with Crippen LogP contribution in [0.4, 0.5) is 8.78 Å². The Bertz CT molecular complexity index is 923. The minimum atomic E-state index is -3.36. The number of amides is 1. The number of nitrogens with zero attached hydrogens (tertiary/aromatic N) is 2. The second kappa shape index (κ2) is 6.43. The Kier molecular flexibility index (Phi) is 4.85. The number of carbonyl (C=O) groups is 1. The topological polar surface area (TPSA) is 101 Å². The van der Waals surface area contributed by atoms with Gasteiger partial charge in [0.1, 0.15) is 21.3 Å². The van der Waals surface area contributed by atoms with Gasteiger partial charge in [-0.05, 0) is 26.0 Å². The molecular formula is C15H17F2N3O4S. The average molecular weight is 373 g/mol. The van der Waals surface area contributed by atoms with Gasteiger partial charge in [-0.2, -0.15) is 5.10 Å². The third-order valence-corrected chi connectivity index (χ3v) is 4.39. The maximum Gasteiger partial charge on any atom is 0.276 e. The lowest BCUT2D eigenvalue weighted by Gasteiger charge is -2.24. The second-order valence-corrected chi connectivity index (χ2v) is 8.45. The van der Waals surface area contributed by atoms with E-state index < -0.39 is 44.4 Å². The van der Waals surface area contributed by atoms with Crippen LogP contribution in [0.15, 0.2) is 24.4 Å². The van der Waals surface area contributed by atoms with Gasteiger partial charge in [-0.25, -0.2) is 21.9 Å². The number of rotatable bonds is 5. The standard InChI is InChI=1S/C15H17F2N3O4S/c1-15(2,8-25(3,23)24)18-14(22)13-12(21)7-20(19-13)11-5-4-9(16)6-10(11)17/h4-7,21H,8H2,1-3H3,(H,18,22). The fourth-order valence-electron chi connectivity index (χ4n) is 2.38. The molecule has 0 aliphatic heterocycles. The molecule has 25 heavy (non-hydrogen) atoms. The highest BCUT2D eigenvalue weighted by molar-refractivity contribution is 7.90. The summed E-state index contributed by atoms with van der Waals surface area (Å²) >= 11 is 0. The second-order valence-electron chi connectivity index (χ2n) is 6.31. The summed E-state index contributed by atoms with van der Waals surface area (Å²) < 4.78 is 50.4. The minimum absolute atomic E-state index is 0.161. The quantitative estimate of drug-likeness (QED) is 0.825. The van der Waals surface area contributed by atoms with Gasteiger partial charge >= 0.3 is 0 Å². The van der Waals surface area contributed by atoms with E-state index in [0.717, 1.165) is 29.3 Å². The molecule has 1 aromatic carbocycles. The molecule has 0 bridgehead atoms. The van der Waals surface area contributed by atoms with Gasteiger partial charge in [-0.15, -0.1) is 0 Å². The van der Waals surface area contributed by atoms with Crippen molar-refractivity contribution in [2.75, 3.05) is 12.0 Å². The normalized spacial score (nSPS) is 12.2. The van der Waals surface area contributed by atoms with Gasteiger partial charge in [0.2, 0.25) is 0 Å². The number of hydrogen-bond acceptors (Lipinski definition) is 5. The third-order valence-electron chi connectivity index (χ3n) is 3.14. The summed E-state index contributed by atoms with van der Waals surface area (Å²) in [6, 6.07) is 2.75. The lowest BCUT2D eigenvalue weighted by molar-refractivity contribution is 0.0912. The van der Waals surface area contributed by atoms with Crippen LogP contribution in [0.1, 0.15) is 24.3 Å².